The van der Waals surface area contributed by atoms with Crippen molar-refractivity contribution in [2.75, 3.05) is 13.2 Å². The standard InChI is InChI=1S/C49H88O6/c1-4-7-10-13-16-19-21-23-24-26-27-30-33-36-39-42-48(51)54-45-46(44-53-47(50)41-38-35-32-29-18-15-12-9-6-3)55-49(52)43-40-37-34-31-28-25-22-20-17-14-11-8-5-2/h11,14,20,22-24,46H,4-10,12-13,15-19,21,25-45H2,1-3H3/b14-11-,22-20-,24-23-. The lowest BCUT2D eigenvalue weighted by molar-refractivity contribution is -0.167. The second-order valence-electron chi connectivity index (χ2n) is 15.7. The number of rotatable bonds is 42. The zero-order valence-electron chi connectivity index (χ0n) is 36.4. The molecule has 6 nitrogen and oxygen atoms in total. The second-order valence-corrected chi connectivity index (χ2v) is 15.7. The molecule has 0 radical (unpaired) electrons. The Morgan fingerprint density at radius 2 is 0.691 bits per heavy atom. The molecule has 0 aromatic heterocycles. The molecule has 55 heavy (non-hydrogen) atoms. The summed E-state index contributed by atoms with van der Waals surface area (Å²) >= 11 is 0. The van der Waals surface area contributed by atoms with Gasteiger partial charge in [-0.2, -0.15) is 0 Å². The van der Waals surface area contributed by atoms with Gasteiger partial charge in [0.15, 0.2) is 6.10 Å². The SMILES string of the molecule is CCC/C=C\C/C=C\CCCCCCCC(=O)OC(COC(=O)CCCCCCC/C=C\CCCCCCCC)COC(=O)CCCCCCCCCCC. The van der Waals surface area contributed by atoms with Gasteiger partial charge in [0.05, 0.1) is 0 Å². The van der Waals surface area contributed by atoms with Crippen molar-refractivity contribution in [2.45, 2.75) is 245 Å². The minimum absolute atomic E-state index is 0.0788. The highest BCUT2D eigenvalue weighted by Crippen LogP contribution is 2.14. The van der Waals surface area contributed by atoms with E-state index < -0.39 is 6.10 Å². The largest absolute Gasteiger partial charge is 0.462 e. The molecule has 0 bridgehead atoms. The van der Waals surface area contributed by atoms with Gasteiger partial charge in [-0.05, 0) is 70.6 Å². The summed E-state index contributed by atoms with van der Waals surface area (Å²) in [4.78, 5) is 37.7. The fraction of sp³-hybridized carbons (Fsp3) is 0.816. The molecule has 0 heterocycles. The third-order valence-corrected chi connectivity index (χ3v) is 10.1. The number of carbonyl (C=O) groups is 3. The Hall–Kier alpha value is -2.37. The molecule has 0 aliphatic heterocycles. The molecular weight excluding hydrogens is 685 g/mol. The molecule has 0 saturated heterocycles. The molecule has 0 aliphatic carbocycles. The third kappa shape index (κ3) is 42.6. The van der Waals surface area contributed by atoms with E-state index in [1.807, 2.05) is 0 Å². The Bertz CT molecular complexity index is 938. The monoisotopic (exact) mass is 773 g/mol. The van der Waals surface area contributed by atoms with Gasteiger partial charge < -0.3 is 14.2 Å². The summed E-state index contributed by atoms with van der Waals surface area (Å²) in [6.45, 7) is 6.53. The highest BCUT2D eigenvalue weighted by molar-refractivity contribution is 5.71. The molecule has 0 fully saturated rings. The number of esters is 3. The molecule has 1 unspecified atom stereocenters. The van der Waals surface area contributed by atoms with Crippen LogP contribution in [0.25, 0.3) is 0 Å². The van der Waals surface area contributed by atoms with E-state index in [1.54, 1.807) is 0 Å². The highest BCUT2D eigenvalue weighted by atomic mass is 16.6. The number of hydrogen-bond acceptors (Lipinski definition) is 6. The van der Waals surface area contributed by atoms with Gasteiger partial charge in [0.25, 0.3) is 0 Å². The van der Waals surface area contributed by atoms with Gasteiger partial charge >= 0.3 is 17.9 Å². The third-order valence-electron chi connectivity index (χ3n) is 10.1. The van der Waals surface area contributed by atoms with Crippen LogP contribution in [0.3, 0.4) is 0 Å². The van der Waals surface area contributed by atoms with Crippen LogP contribution in [0.1, 0.15) is 239 Å². The predicted octanol–water partition coefficient (Wildman–Crippen LogP) is 15.0. The molecule has 320 valence electrons. The van der Waals surface area contributed by atoms with Gasteiger partial charge in [-0.25, -0.2) is 0 Å². The lowest BCUT2D eigenvalue weighted by Gasteiger charge is -2.18. The second kappa shape index (κ2) is 44.3. The molecule has 1 atom stereocenters. The maximum absolute atomic E-state index is 12.7. The van der Waals surface area contributed by atoms with Crippen molar-refractivity contribution in [2.24, 2.45) is 0 Å². The van der Waals surface area contributed by atoms with Crippen LogP contribution >= 0.6 is 0 Å². The first-order valence-electron chi connectivity index (χ1n) is 23.5. The predicted molar refractivity (Wildman–Crippen MR) is 233 cm³/mol. The minimum Gasteiger partial charge on any atom is -0.462 e. The first kappa shape index (κ1) is 52.6. The van der Waals surface area contributed by atoms with Gasteiger partial charge in [-0.3, -0.25) is 14.4 Å². The molecular formula is C49H88O6. The van der Waals surface area contributed by atoms with Crippen molar-refractivity contribution in [3.63, 3.8) is 0 Å². The van der Waals surface area contributed by atoms with E-state index in [-0.39, 0.29) is 31.1 Å². The van der Waals surface area contributed by atoms with Crippen LogP contribution in [0.4, 0.5) is 0 Å². The first-order valence-corrected chi connectivity index (χ1v) is 23.5. The summed E-state index contributed by atoms with van der Waals surface area (Å²) in [5.74, 6) is -0.902. The molecule has 6 heteroatoms. The van der Waals surface area contributed by atoms with Crippen LogP contribution in [0.5, 0.6) is 0 Å². The number of hydrogen-bond donors (Lipinski definition) is 0. The van der Waals surface area contributed by atoms with Crippen molar-refractivity contribution in [1.82, 2.24) is 0 Å². The van der Waals surface area contributed by atoms with Crippen LogP contribution in [-0.2, 0) is 28.6 Å². The fourth-order valence-electron chi connectivity index (χ4n) is 6.53. The van der Waals surface area contributed by atoms with E-state index >= 15 is 0 Å². The Kier molecular flexibility index (Phi) is 42.4. The van der Waals surface area contributed by atoms with E-state index in [4.69, 9.17) is 14.2 Å². The summed E-state index contributed by atoms with van der Waals surface area (Å²) < 4.78 is 16.7. The normalized spacial score (nSPS) is 12.3. The Balaban J connectivity index is 4.36. The highest BCUT2D eigenvalue weighted by Gasteiger charge is 2.19. The summed E-state index contributed by atoms with van der Waals surface area (Å²) in [5.41, 5.74) is 0. The number of allylic oxidation sites excluding steroid dienone is 6. The van der Waals surface area contributed by atoms with Crippen LogP contribution < -0.4 is 0 Å². The van der Waals surface area contributed by atoms with Crippen molar-refractivity contribution < 1.29 is 28.6 Å². The molecule has 0 rings (SSSR count). The summed E-state index contributed by atoms with van der Waals surface area (Å²) in [6.07, 6.45) is 49.8. The van der Waals surface area contributed by atoms with Crippen LogP contribution in [0.2, 0.25) is 0 Å². The maximum atomic E-state index is 12.7. The van der Waals surface area contributed by atoms with Crippen molar-refractivity contribution >= 4 is 17.9 Å². The van der Waals surface area contributed by atoms with Gasteiger partial charge in [-0.1, -0.05) is 186 Å². The molecule has 0 aromatic carbocycles. The lowest BCUT2D eigenvalue weighted by Crippen LogP contribution is -2.30. The molecule has 0 saturated carbocycles. The maximum Gasteiger partial charge on any atom is 0.306 e. The zero-order chi connectivity index (χ0) is 40.1. The van der Waals surface area contributed by atoms with E-state index in [1.165, 1.54) is 103 Å². The van der Waals surface area contributed by atoms with Crippen LogP contribution in [0.15, 0.2) is 36.5 Å². The van der Waals surface area contributed by atoms with Crippen molar-refractivity contribution in [3.05, 3.63) is 36.5 Å². The van der Waals surface area contributed by atoms with Crippen molar-refractivity contribution in [1.29, 1.82) is 0 Å². The Labute approximate surface area is 340 Å². The topological polar surface area (TPSA) is 78.9 Å². The first-order chi connectivity index (χ1) is 27.0. The number of ether oxygens (including phenoxy) is 3. The van der Waals surface area contributed by atoms with Gasteiger partial charge in [-0.15, -0.1) is 0 Å². The quantitative estimate of drug-likeness (QED) is 0.0266. The van der Waals surface area contributed by atoms with E-state index in [0.29, 0.717) is 19.3 Å². The molecule has 0 spiro atoms. The lowest BCUT2D eigenvalue weighted by atomic mass is 10.1. The molecule has 0 aromatic rings. The van der Waals surface area contributed by atoms with E-state index in [9.17, 15) is 14.4 Å². The Morgan fingerprint density at radius 3 is 1.09 bits per heavy atom. The summed E-state index contributed by atoms with van der Waals surface area (Å²) in [7, 11) is 0. The van der Waals surface area contributed by atoms with E-state index in [2.05, 4.69) is 57.2 Å². The zero-order valence-corrected chi connectivity index (χ0v) is 36.4. The number of unbranched alkanes of at least 4 members (excludes halogenated alkanes) is 25. The summed E-state index contributed by atoms with van der Waals surface area (Å²) in [5, 5.41) is 0. The van der Waals surface area contributed by atoms with Gasteiger partial charge in [0, 0.05) is 19.3 Å². The average Bonchev–Trinajstić information content (AvgIpc) is 3.18. The Morgan fingerprint density at radius 1 is 0.364 bits per heavy atom. The van der Waals surface area contributed by atoms with Crippen LogP contribution in [0, 0.1) is 0 Å². The minimum atomic E-state index is -0.777. The molecule has 0 aliphatic rings. The average molecular weight is 773 g/mol. The van der Waals surface area contributed by atoms with Crippen LogP contribution in [-0.4, -0.2) is 37.2 Å². The van der Waals surface area contributed by atoms with Gasteiger partial charge in [0.2, 0.25) is 0 Å². The smallest absolute Gasteiger partial charge is 0.306 e. The van der Waals surface area contributed by atoms with Gasteiger partial charge in [0.1, 0.15) is 13.2 Å². The van der Waals surface area contributed by atoms with E-state index in [0.717, 1.165) is 96.3 Å². The van der Waals surface area contributed by atoms with Crippen molar-refractivity contribution in [3.8, 4) is 0 Å². The summed E-state index contributed by atoms with van der Waals surface area (Å²) in [6, 6.07) is 0. The fourth-order valence-corrected chi connectivity index (χ4v) is 6.53. The molecule has 0 N–H and O–H groups in total. The number of carbonyl (C=O) groups excluding carboxylic acids is 3. The molecule has 0 amide bonds.